The van der Waals surface area contributed by atoms with Crippen LogP contribution in [0.1, 0.15) is 34.4 Å². The first kappa shape index (κ1) is 13.5. The van der Waals surface area contributed by atoms with Crippen molar-refractivity contribution in [3.63, 3.8) is 0 Å². The topological polar surface area (TPSA) is 50.2 Å². The molecule has 100 valence electrons. The first-order valence-electron chi connectivity index (χ1n) is 6.49. The van der Waals surface area contributed by atoms with Crippen molar-refractivity contribution in [3.05, 3.63) is 40.1 Å². The molecule has 2 rings (SSSR count). The monoisotopic (exact) mass is 257 g/mol. The predicted molar refractivity (Wildman–Crippen MR) is 76.6 cm³/mol. The van der Waals surface area contributed by atoms with E-state index in [2.05, 4.69) is 37.9 Å². The van der Waals surface area contributed by atoms with Gasteiger partial charge in [0.15, 0.2) is 0 Å². The third-order valence-electron chi connectivity index (χ3n) is 3.61. The van der Waals surface area contributed by atoms with Crippen molar-refractivity contribution >= 4 is 16.9 Å². The summed E-state index contributed by atoms with van der Waals surface area (Å²) >= 11 is 0. The molecule has 1 N–H and O–H groups in total. The van der Waals surface area contributed by atoms with E-state index in [1.807, 2.05) is 6.92 Å². The Morgan fingerprint density at radius 1 is 1.21 bits per heavy atom. The molecule has 0 atom stereocenters. The normalized spacial score (nSPS) is 10.9. The highest BCUT2D eigenvalue weighted by molar-refractivity contribution is 5.87. The lowest BCUT2D eigenvalue weighted by Gasteiger charge is -2.14. The second-order valence-corrected chi connectivity index (χ2v) is 5.17. The van der Waals surface area contributed by atoms with E-state index in [9.17, 15) is 4.79 Å². The molecule has 1 heterocycles. The number of carbonyl (C=O) groups is 1. The molecular weight excluding hydrogens is 238 g/mol. The minimum atomic E-state index is -0.765. The molecule has 3 nitrogen and oxygen atoms in total. The fraction of sp³-hybridized carbons (Fsp3) is 0.375. The van der Waals surface area contributed by atoms with E-state index in [1.165, 1.54) is 11.1 Å². The Morgan fingerprint density at radius 2 is 1.89 bits per heavy atom. The third-order valence-corrected chi connectivity index (χ3v) is 3.61. The number of rotatable bonds is 3. The van der Waals surface area contributed by atoms with Crippen LogP contribution in [0.25, 0.3) is 10.9 Å². The van der Waals surface area contributed by atoms with Gasteiger partial charge < -0.3 is 5.11 Å². The molecule has 0 spiro atoms. The SMILES string of the molecule is Cc1cc(C)c2nc(C)c(CCC(=O)O)c(C)c2c1. The van der Waals surface area contributed by atoms with Gasteiger partial charge in [0.05, 0.1) is 5.52 Å². The van der Waals surface area contributed by atoms with Crippen LogP contribution in [0.3, 0.4) is 0 Å². The van der Waals surface area contributed by atoms with E-state index in [4.69, 9.17) is 5.11 Å². The fourth-order valence-electron chi connectivity index (χ4n) is 2.66. The Balaban J connectivity index is 2.63. The van der Waals surface area contributed by atoms with Crippen LogP contribution in [0.2, 0.25) is 0 Å². The average molecular weight is 257 g/mol. The van der Waals surface area contributed by atoms with Crippen molar-refractivity contribution in [3.8, 4) is 0 Å². The maximum absolute atomic E-state index is 10.7. The average Bonchev–Trinajstić information content (AvgIpc) is 2.30. The zero-order valence-electron chi connectivity index (χ0n) is 11.9. The van der Waals surface area contributed by atoms with Gasteiger partial charge in [-0.05, 0) is 56.9 Å². The quantitative estimate of drug-likeness (QED) is 0.915. The van der Waals surface area contributed by atoms with Gasteiger partial charge in [0.2, 0.25) is 0 Å². The molecule has 1 aromatic heterocycles. The Morgan fingerprint density at radius 3 is 2.53 bits per heavy atom. The standard InChI is InChI=1S/C16H19NO2/c1-9-7-10(2)16-14(8-9)11(3)13(12(4)17-16)5-6-15(18)19/h7-8H,5-6H2,1-4H3,(H,18,19). The maximum Gasteiger partial charge on any atom is 0.303 e. The van der Waals surface area contributed by atoms with Crippen LogP contribution in [-0.4, -0.2) is 16.1 Å². The van der Waals surface area contributed by atoms with Crippen molar-refractivity contribution in [1.29, 1.82) is 0 Å². The minimum absolute atomic E-state index is 0.152. The highest BCUT2D eigenvalue weighted by Gasteiger charge is 2.12. The number of carboxylic acid groups (broad SMARTS) is 1. The molecule has 0 aliphatic heterocycles. The summed E-state index contributed by atoms with van der Waals surface area (Å²) in [5.41, 5.74) is 6.59. The molecule has 0 bridgehead atoms. The van der Waals surface area contributed by atoms with Gasteiger partial charge in [0.1, 0.15) is 0 Å². The first-order chi connectivity index (χ1) is 8.90. The summed E-state index contributed by atoms with van der Waals surface area (Å²) in [6, 6.07) is 4.26. The van der Waals surface area contributed by atoms with Gasteiger partial charge in [-0.2, -0.15) is 0 Å². The van der Waals surface area contributed by atoms with Crippen LogP contribution in [0, 0.1) is 27.7 Å². The van der Waals surface area contributed by atoms with Crippen molar-refractivity contribution < 1.29 is 9.90 Å². The molecule has 2 aromatic rings. The number of hydrogen-bond donors (Lipinski definition) is 1. The van der Waals surface area contributed by atoms with Crippen molar-refractivity contribution in [2.75, 3.05) is 0 Å². The van der Waals surface area contributed by atoms with Gasteiger partial charge in [0.25, 0.3) is 0 Å². The summed E-state index contributed by atoms with van der Waals surface area (Å²) in [4.78, 5) is 15.4. The zero-order chi connectivity index (χ0) is 14.2. The maximum atomic E-state index is 10.7. The van der Waals surface area contributed by atoms with E-state index in [1.54, 1.807) is 0 Å². The summed E-state index contributed by atoms with van der Waals surface area (Å²) in [5, 5.41) is 9.98. The molecule has 0 amide bonds. The zero-order valence-corrected chi connectivity index (χ0v) is 11.9. The number of aromatic nitrogens is 1. The smallest absolute Gasteiger partial charge is 0.303 e. The Labute approximate surface area is 113 Å². The van der Waals surface area contributed by atoms with Gasteiger partial charge in [-0.3, -0.25) is 9.78 Å². The van der Waals surface area contributed by atoms with Crippen molar-refractivity contribution in [2.24, 2.45) is 0 Å². The van der Waals surface area contributed by atoms with Crippen LogP contribution in [0.15, 0.2) is 12.1 Å². The molecule has 0 saturated carbocycles. The number of pyridine rings is 1. The Bertz CT molecular complexity index is 660. The van der Waals surface area contributed by atoms with Crippen LogP contribution in [0.4, 0.5) is 0 Å². The van der Waals surface area contributed by atoms with E-state index < -0.39 is 5.97 Å². The molecule has 0 fully saturated rings. The van der Waals surface area contributed by atoms with E-state index >= 15 is 0 Å². The molecule has 0 radical (unpaired) electrons. The summed E-state index contributed by atoms with van der Waals surface area (Å²) in [5.74, 6) is -0.765. The van der Waals surface area contributed by atoms with Crippen LogP contribution in [-0.2, 0) is 11.2 Å². The second-order valence-electron chi connectivity index (χ2n) is 5.17. The molecule has 3 heteroatoms. The molecular formula is C16H19NO2. The summed E-state index contributed by atoms with van der Waals surface area (Å²) in [7, 11) is 0. The molecule has 0 saturated heterocycles. The lowest BCUT2D eigenvalue weighted by molar-refractivity contribution is -0.136. The highest BCUT2D eigenvalue weighted by atomic mass is 16.4. The Hall–Kier alpha value is -1.90. The largest absolute Gasteiger partial charge is 0.481 e. The summed E-state index contributed by atoms with van der Waals surface area (Å²) in [6.07, 6.45) is 0.697. The number of aliphatic carboxylic acids is 1. The molecule has 1 aromatic carbocycles. The molecule has 0 aliphatic carbocycles. The lowest BCUT2D eigenvalue weighted by Crippen LogP contribution is -2.04. The number of nitrogens with zero attached hydrogens (tertiary/aromatic N) is 1. The summed E-state index contributed by atoms with van der Waals surface area (Å²) < 4.78 is 0. The van der Waals surface area contributed by atoms with Gasteiger partial charge in [-0.25, -0.2) is 0 Å². The summed E-state index contributed by atoms with van der Waals surface area (Å²) in [6.45, 7) is 8.16. The number of fused-ring (bicyclic) bond motifs is 1. The number of carboxylic acids is 1. The van der Waals surface area contributed by atoms with Gasteiger partial charge in [0, 0.05) is 17.5 Å². The van der Waals surface area contributed by atoms with E-state index in [-0.39, 0.29) is 6.42 Å². The van der Waals surface area contributed by atoms with Crippen LogP contribution >= 0.6 is 0 Å². The lowest BCUT2D eigenvalue weighted by atomic mass is 9.96. The predicted octanol–water partition coefficient (Wildman–Crippen LogP) is 3.49. The number of hydrogen-bond acceptors (Lipinski definition) is 2. The molecule has 19 heavy (non-hydrogen) atoms. The fourth-order valence-corrected chi connectivity index (χ4v) is 2.66. The van der Waals surface area contributed by atoms with E-state index in [0.717, 1.165) is 27.7 Å². The molecule has 0 aliphatic rings. The van der Waals surface area contributed by atoms with E-state index in [0.29, 0.717) is 6.42 Å². The van der Waals surface area contributed by atoms with Crippen LogP contribution < -0.4 is 0 Å². The highest BCUT2D eigenvalue weighted by Crippen LogP contribution is 2.27. The Kier molecular flexibility index (Phi) is 3.56. The third kappa shape index (κ3) is 2.60. The van der Waals surface area contributed by atoms with Crippen molar-refractivity contribution in [2.45, 2.75) is 40.5 Å². The number of benzene rings is 1. The van der Waals surface area contributed by atoms with Crippen LogP contribution in [0.5, 0.6) is 0 Å². The van der Waals surface area contributed by atoms with Gasteiger partial charge in [-0.1, -0.05) is 11.6 Å². The van der Waals surface area contributed by atoms with Gasteiger partial charge in [-0.15, -0.1) is 0 Å². The van der Waals surface area contributed by atoms with Crippen molar-refractivity contribution in [1.82, 2.24) is 4.98 Å². The minimum Gasteiger partial charge on any atom is -0.481 e. The number of aryl methyl sites for hydroxylation is 4. The first-order valence-corrected chi connectivity index (χ1v) is 6.49. The second kappa shape index (κ2) is 5.00. The van der Waals surface area contributed by atoms with Gasteiger partial charge >= 0.3 is 5.97 Å². The molecule has 0 unspecified atom stereocenters.